The third-order valence-electron chi connectivity index (χ3n) is 1.19. The lowest BCUT2D eigenvalue weighted by molar-refractivity contribution is 0.565. The molecular weight excluding hydrogens is 159 g/mol. The summed E-state index contributed by atoms with van der Waals surface area (Å²) >= 11 is 0. The summed E-state index contributed by atoms with van der Waals surface area (Å²) in [4.78, 5) is 13.0. The largest absolute Gasteiger partial charge is 0.240 e. The summed E-state index contributed by atoms with van der Waals surface area (Å²) < 4.78 is 12.6. The number of benzene rings is 1. The zero-order valence-electron chi connectivity index (χ0n) is 5.91. The van der Waals surface area contributed by atoms with Crippen LogP contribution in [0.5, 0.6) is 0 Å². The van der Waals surface area contributed by atoms with Crippen LogP contribution in [0.4, 0.5) is 10.1 Å². The van der Waals surface area contributed by atoms with E-state index in [-0.39, 0.29) is 11.3 Å². The maximum absolute atomic E-state index is 12.6. The summed E-state index contributed by atoms with van der Waals surface area (Å²) in [5.74, 6) is -0.594. The molecule has 0 fully saturated rings. The summed E-state index contributed by atoms with van der Waals surface area (Å²) in [6, 6.07) is 5.14. The first-order valence-corrected chi connectivity index (χ1v) is 3.05. The van der Waals surface area contributed by atoms with E-state index in [0.717, 1.165) is 12.1 Å². The van der Waals surface area contributed by atoms with Crippen LogP contribution < -0.4 is 0 Å². The van der Waals surface area contributed by atoms with Crippen molar-refractivity contribution in [3.8, 4) is 6.07 Å². The van der Waals surface area contributed by atoms with Crippen LogP contribution in [-0.2, 0) is 4.79 Å². The second kappa shape index (κ2) is 3.42. The number of nitriles is 1. The summed E-state index contributed by atoms with van der Waals surface area (Å²) in [6.45, 7) is 0. The van der Waals surface area contributed by atoms with E-state index in [2.05, 4.69) is 4.99 Å². The van der Waals surface area contributed by atoms with Crippen LogP contribution in [0, 0.1) is 17.1 Å². The van der Waals surface area contributed by atoms with Gasteiger partial charge in [0.05, 0.1) is 17.3 Å². The molecule has 1 rings (SSSR count). The lowest BCUT2D eigenvalue weighted by Gasteiger charge is -1.91. The molecular formula is C8H3FN2O. The SMILES string of the molecule is N#Cc1cc(F)cc(N=C=O)c1. The molecule has 4 heteroatoms. The molecule has 0 aromatic heterocycles. The second-order valence-corrected chi connectivity index (χ2v) is 2.01. The van der Waals surface area contributed by atoms with Gasteiger partial charge in [-0.1, -0.05) is 0 Å². The Kier molecular flexibility index (Phi) is 2.32. The number of aliphatic imine (C=N–C) groups is 1. The molecule has 58 valence electrons. The van der Waals surface area contributed by atoms with Gasteiger partial charge < -0.3 is 0 Å². The van der Waals surface area contributed by atoms with E-state index in [0.29, 0.717) is 0 Å². The first-order valence-electron chi connectivity index (χ1n) is 3.05. The van der Waals surface area contributed by atoms with E-state index >= 15 is 0 Å². The molecule has 1 aromatic rings. The zero-order chi connectivity index (χ0) is 8.97. The van der Waals surface area contributed by atoms with Gasteiger partial charge in [-0.05, 0) is 12.1 Å². The van der Waals surface area contributed by atoms with Crippen LogP contribution in [-0.4, -0.2) is 6.08 Å². The number of hydrogen-bond donors (Lipinski definition) is 0. The number of isocyanates is 1. The summed E-state index contributed by atoms with van der Waals surface area (Å²) in [5.41, 5.74) is 0.227. The number of hydrogen-bond acceptors (Lipinski definition) is 3. The molecule has 0 aliphatic rings. The zero-order valence-corrected chi connectivity index (χ0v) is 5.91. The number of rotatable bonds is 1. The van der Waals surface area contributed by atoms with Crippen molar-refractivity contribution in [2.75, 3.05) is 0 Å². The molecule has 0 atom stereocenters. The third-order valence-corrected chi connectivity index (χ3v) is 1.19. The molecule has 0 spiro atoms. The fraction of sp³-hybridized carbons (Fsp3) is 0. The smallest absolute Gasteiger partial charge is 0.211 e. The van der Waals surface area contributed by atoms with E-state index < -0.39 is 5.82 Å². The van der Waals surface area contributed by atoms with Crippen molar-refractivity contribution in [2.45, 2.75) is 0 Å². The summed E-state index contributed by atoms with van der Waals surface area (Å²) in [5, 5.41) is 8.40. The summed E-state index contributed by atoms with van der Waals surface area (Å²) in [7, 11) is 0. The van der Waals surface area contributed by atoms with Crippen LogP contribution in [0.1, 0.15) is 5.56 Å². The molecule has 0 aliphatic carbocycles. The Balaban J connectivity index is 3.25. The summed E-state index contributed by atoms with van der Waals surface area (Å²) in [6.07, 6.45) is 1.26. The highest BCUT2D eigenvalue weighted by Crippen LogP contribution is 2.15. The van der Waals surface area contributed by atoms with Gasteiger partial charge in [-0.25, -0.2) is 9.18 Å². The topological polar surface area (TPSA) is 53.2 Å². The Bertz CT molecular complexity index is 389. The number of carbonyl (C=O) groups excluding carboxylic acids is 1. The normalized spacial score (nSPS) is 8.33. The van der Waals surface area contributed by atoms with Crippen LogP contribution in [0.2, 0.25) is 0 Å². The Morgan fingerprint density at radius 1 is 1.42 bits per heavy atom. The maximum atomic E-state index is 12.6. The molecule has 0 N–H and O–H groups in total. The first kappa shape index (κ1) is 8.12. The van der Waals surface area contributed by atoms with Gasteiger partial charge in [-0.15, -0.1) is 0 Å². The molecule has 1 aromatic carbocycles. The Hall–Kier alpha value is -1.98. The molecule has 0 bridgehead atoms. The molecule has 0 radical (unpaired) electrons. The molecule has 0 heterocycles. The third kappa shape index (κ3) is 1.75. The fourth-order valence-corrected chi connectivity index (χ4v) is 0.756. The maximum Gasteiger partial charge on any atom is 0.240 e. The van der Waals surface area contributed by atoms with E-state index in [9.17, 15) is 9.18 Å². The highest BCUT2D eigenvalue weighted by atomic mass is 19.1. The van der Waals surface area contributed by atoms with Gasteiger partial charge in [0.1, 0.15) is 5.82 Å². The minimum Gasteiger partial charge on any atom is -0.211 e. The Morgan fingerprint density at radius 2 is 2.17 bits per heavy atom. The molecule has 0 unspecified atom stereocenters. The predicted octanol–water partition coefficient (Wildman–Crippen LogP) is 1.66. The monoisotopic (exact) mass is 162 g/mol. The molecule has 3 nitrogen and oxygen atoms in total. The molecule has 0 saturated heterocycles. The van der Waals surface area contributed by atoms with Crippen LogP contribution >= 0.6 is 0 Å². The minimum atomic E-state index is -0.594. The van der Waals surface area contributed by atoms with Crippen LogP contribution in [0.3, 0.4) is 0 Å². The average Bonchev–Trinajstić information content (AvgIpc) is 2.04. The standard InChI is InChI=1S/C8H3FN2O/c9-7-1-6(4-10)2-8(3-7)11-5-12/h1-3H. The van der Waals surface area contributed by atoms with Gasteiger partial charge in [0.15, 0.2) is 0 Å². The Labute approximate surface area is 67.8 Å². The Morgan fingerprint density at radius 3 is 2.75 bits per heavy atom. The average molecular weight is 162 g/mol. The van der Waals surface area contributed by atoms with Gasteiger partial charge in [-0.2, -0.15) is 10.3 Å². The van der Waals surface area contributed by atoms with E-state index in [1.165, 1.54) is 12.1 Å². The highest BCUT2D eigenvalue weighted by molar-refractivity contribution is 5.52. The van der Waals surface area contributed by atoms with Crippen LogP contribution in [0.15, 0.2) is 23.2 Å². The number of nitrogens with zero attached hydrogens (tertiary/aromatic N) is 2. The van der Waals surface area contributed by atoms with Crippen molar-refractivity contribution in [2.24, 2.45) is 4.99 Å². The highest BCUT2D eigenvalue weighted by Gasteiger charge is 1.98. The predicted molar refractivity (Wildman–Crippen MR) is 38.9 cm³/mol. The van der Waals surface area contributed by atoms with Crippen molar-refractivity contribution in [3.63, 3.8) is 0 Å². The lowest BCUT2D eigenvalue weighted by Crippen LogP contribution is -1.77. The van der Waals surface area contributed by atoms with Crippen molar-refractivity contribution in [3.05, 3.63) is 29.6 Å². The molecule has 12 heavy (non-hydrogen) atoms. The van der Waals surface area contributed by atoms with Crippen molar-refractivity contribution >= 4 is 11.8 Å². The van der Waals surface area contributed by atoms with Crippen molar-refractivity contribution in [1.82, 2.24) is 0 Å². The van der Waals surface area contributed by atoms with Gasteiger partial charge in [0, 0.05) is 6.07 Å². The molecule has 0 aliphatic heterocycles. The van der Waals surface area contributed by atoms with Gasteiger partial charge in [0.25, 0.3) is 0 Å². The minimum absolute atomic E-state index is 0.0987. The van der Waals surface area contributed by atoms with E-state index in [1.807, 2.05) is 0 Å². The van der Waals surface area contributed by atoms with E-state index in [1.54, 1.807) is 6.07 Å². The van der Waals surface area contributed by atoms with Crippen LogP contribution in [0.25, 0.3) is 0 Å². The fourth-order valence-electron chi connectivity index (χ4n) is 0.756. The molecule has 0 amide bonds. The lowest BCUT2D eigenvalue weighted by atomic mass is 10.2. The van der Waals surface area contributed by atoms with Crippen molar-refractivity contribution < 1.29 is 9.18 Å². The van der Waals surface area contributed by atoms with Gasteiger partial charge >= 0.3 is 0 Å². The van der Waals surface area contributed by atoms with Gasteiger partial charge in [0.2, 0.25) is 6.08 Å². The number of halogens is 1. The van der Waals surface area contributed by atoms with Gasteiger partial charge in [-0.3, -0.25) is 0 Å². The van der Waals surface area contributed by atoms with Crippen molar-refractivity contribution in [1.29, 1.82) is 5.26 Å². The quantitative estimate of drug-likeness (QED) is 0.465. The van der Waals surface area contributed by atoms with E-state index in [4.69, 9.17) is 5.26 Å². The molecule has 0 saturated carbocycles. The first-order chi connectivity index (χ1) is 5.76. The second-order valence-electron chi connectivity index (χ2n) is 2.01.